The molecule has 8 heteroatoms. The second-order valence-corrected chi connectivity index (χ2v) is 10.3. The van der Waals surface area contributed by atoms with E-state index in [4.69, 9.17) is 11.5 Å². The van der Waals surface area contributed by atoms with Gasteiger partial charge in [-0.1, -0.05) is 78.9 Å². The summed E-state index contributed by atoms with van der Waals surface area (Å²) < 4.78 is 0. The van der Waals surface area contributed by atoms with Crippen molar-refractivity contribution in [2.75, 3.05) is 13.1 Å². The van der Waals surface area contributed by atoms with Crippen LogP contribution in [0.5, 0.6) is 0 Å². The molecular formula is C33H40N6O2. The van der Waals surface area contributed by atoms with Crippen molar-refractivity contribution in [3.8, 4) is 0 Å². The van der Waals surface area contributed by atoms with Crippen molar-refractivity contribution in [3.63, 3.8) is 0 Å². The Hall–Kier alpha value is -4.59. The largest absolute Gasteiger partial charge is 0.370 e. The van der Waals surface area contributed by atoms with Crippen LogP contribution in [0.1, 0.15) is 42.4 Å². The minimum Gasteiger partial charge on any atom is -0.370 e. The molecule has 8 nitrogen and oxygen atoms in total. The number of aromatic nitrogens is 1. The molecule has 0 saturated heterocycles. The first-order valence-corrected chi connectivity index (χ1v) is 14.3. The van der Waals surface area contributed by atoms with E-state index in [1.54, 1.807) is 0 Å². The number of nitrogens with zero attached hydrogens (tertiary/aromatic N) is 2. The number of hydrogen-bond donors (Lipinski definition) is 4. The Morgan fingerprint density at radius 1 is 0.854 bits per heavy atom. The number of nitrogens with one attached hydrogen (secondary N) is 2. The number of rotatable bonds is 15. The molecule has 214 valence electrons. The first-order valence-electron chi connectivity index (χ1n) is 14.3. The highest BCUT2D eigenvalue weighted by Gasteiger charge is 2.27. The predicted octanol–water partition coefficient (Wildman–Crippen LogP) is 4.30. The van der Waals surface area contributed by atoms with Crippen LogP contribution in [0, 0.1) is 0 Å². The molecule has 2 amide bonds. The third-order valence-corrected chi connectivity index (χ3v) is 7.10. The van der Waals surface area contributed by atoms with Gasteiger partial charge >= 0.3 is 0 Å². The minimum atomic E-state index is -0.695. The molecule has 0 aliphatic heterocycles. The third kappa shape index (κ3) is 9.24. The summed E-state index contributed by atoms with van der Waals surface area (Å²) in [5, 5.41) is 4.14. The van der Waals surface area contributed by atoms with Crippen molar-refractivity contribution >= 4 is 28.7 Å². The van der Waals surface area contributed by atoms with Gasteiger partial charge in [0.05, 0.1) is 0 Å². The summed E-state index contributed by atoms with van der Waals surface area (Å²) in [5.41, 5.74) is 15.2. The summed E-state index contributed by atoms with van der Waals surface area (Å²) >= 11 is 0. The Kier molecular flexibility index (Phi) is 10.9. The van der Waals surface area contributed by atoms with Gasteiger partial charge in [-0.05, 0) is 48.4 Å². The zero-order valence-electron chi connectivity index (χ0n) is 23.5. The quantitative estimate of drug-likeness (QED) is 0.0995. The molecule has 1 atom stereocenters. The first kappa shape index (κ1) is 29.4. The van der Waals surface area contributed by atoms with Gasteiger partial charge in [0.25, 0.3) is 0 Å². The van der Waals surface area contributed by atoms with Gasteiger partial charge in [-0.2, -0.15) is 0 Å². The van der Waals surface area contributed by atoms with E-state index in [0.717, 1.165) is 41.3 Å². The lowest BCUT2D eigenvalue weighted by Gasteiger charge is -2.28. The number of carbonyl (C=O) groups excluding carboxylic acids is 2. The molecule has 0 aliphatic rings. The monoisotopic (exact) mass is 552 g/mol. The number of nitrogens with two attached hydrogens (primary N) is 2. The molecular weight excluding hydrogens is 512 g/mol. The summed E-state index contributed by atoms with van der Waals surface area (Å²) in [5.74, 6) is -0.153. The number of fused-ring (bicyclic) bond motifs is 1. The van der Waals surface area contributed by atoms with Crippen LogP contribution in [0.3, 0.4) is 0 Å². The van der Waals surface area contributed by atoms with E-state index in [1.807, 2.05) is 83.9 Å². The molecule has 3 aromatic carbocycles. The number of benzene rings is 3. The van der Waals surface area contributed by atoms with Gasteiger partial charge < -0.3 is 26.7 Å². The van der Waals surface area contributed by atoms with Crippen LogP contribution in [0.25, 0.3) is 10.9 Å². The summed E-state index contributed by atoms with van der Waals surface area (Å²) in [4.78, 5) is 36.5. The molecule has 0 aliphatic carbocycles. The maximum absolute atomic E-state index is 14.1. The molecule has 0 radical (unpaired) electrons. The summed E-state index contributed by atoms with van der Waals surface area (Å²) in [6.45, 7) is 1.49. The van der Waals surface area contributed by atoms with Gasteiger partial charge in [0.15, 0.2) is 5.96 Å². The summed E-state index contributed by atoms with van der Waals surface area (Å²) in [6, 6.07) is 27.3. The molecule has 0 bridgehead atoms. The number of aryl methyl sites for hydroxylation is 1. The zero-order chi connectivity index (χ0) is 28.9. The number of aromatic amines is 1. The number of aliphatic imine (C=N–C) groups is 1. The molecule has 1 heterocycles. The van der Waals surface area contributed by atoms with Crippen molar-refractivity contribution in [1.82, 2.24) is 15.2 Å². The summed E-state index contributed by atoms with van der Waals surface area (Å²) in [6.07, 6.45) is 5.68. The van der Waals surface area contributed by atoms with E-state index >= 15 is 0 Å². The maximum Gasteiger partial charge on any atom is 0.245 e. The molecule has 0 fully saturated rings. The Balaban J connectivity index is 1.50. The number of carbonyl (C=O) groups is 2. The Bertz CT molecular complexity index is 1410. The molecule has 0 spiro atoms. The SMILES string of the molecule is NC(N)=NCCCCN(Cc1ccccc1)C(=O)C(Cc1c[nH]c2ccccc12)NC(=O)CCCc1ccccc1. The smallest absolute Gasteiger partial charge is 0.245 e. The van der Waals surface area contributed by atoms with Crippen molar-refractivity contribution in [2.24, 2.45) is 16.5 Å². The van der Waals surface area contributed by atoms with Crippen LogP contribution < -0.4 is 16.8 Å². The molecule has 1 unspecified atom stereocenters. The highest BCUT2D eigenvalue weighted by Crippen LogP contribution is 2.20. The predicted molar refractivity (Wildman–Crippen MR) is 165 cm³/mol. The van der Waals surface area contributed by atoms with Gasteiger partial charge in [-0.25, -0.2) is 0 Å². The molecule has 1 aromatic heterocycles. The van der Waals surface area contributed by atoms with Crippen LogP contribution in [-0.2, 0) is 29.0 Å². The van der Waals surface area contributed by atoms with E-state index in [9.17, 15) is 9.59 Å². The van der Waals surface area contributed by atoms with E-state index in [2.05, 4.69) is 27.4 Å². The fraction of sp³-hybridized carbons (Fsp3) is 0.303. The summed E-state index contributed by atoms with van der Waals surface area (Å²) in [7, 11) is 0. The molecule has 6 N–H and O–H groups in total. The number of amides is 2. The van der Waals surface area contributed by atoms with E-state index in [-0.39, 0.29) is 17.8 Å². The maximum atomic E-state index is 14.1. The minimum absolute atomic E-state index is 0.0657. The molecule has 41 heavy (non-hydrogen) atoms. The zero-order valence-corrected chi connectivity index (χ0v) is 23.5. The average molecular weight is 553 g/mol. The number of para-hydroxylation sites is 1. The lowest BCUT2D eigenvalue weighted by molar-refractivity contribution is -0.137. The standard InChI is InChI=1S/C33H40N6O2/c34-33(35)36-20-9-10-21-39(24-26-14-5-2-6-15-26)32(41)30(22-27-23-37-29-18-8-7-17-28(27)29)38-31(40)19-11-16-25-12-3-1-4-13-25/h1-8,12-15,17-18,23,30,37H,9-11,16,19-22,24H2,(H,38,40)(H4,34,35,36). The normalized spacial score (nSPS) is 11.6. The molecule has 4 rings (SSSR count). The second-order valence-electron chi connectivity index (χ2n) is 10.3. The lowest BCUT2D eigenvalue weighted by Crippen LogP contribution is -2.49. The van der Waals surface area contributed by atoms with E-state index < -0.39 is 6.04 Å². The van der Waals surface area contributed by atoms with E-state index in [0.29, 0.717) is 38.9 Å². The topological polar surface area (TPSA) is 130 Å². The molecule has 4 aromatic rings. The van der Waals surface area contributed by atoms with Crippen LogP contribution in [0.4, 0.5) is 0 Å². The Morgan fingerprint density at radius 2 is 1.54 bits per heavy atom. The van der Waals surface area contributed by atoms with Gasteiger partial charge in [0.2, 0.25) is 11.8 Å². The van der Waals surface area contributed by atoms with Gasteiger partial charge in [-0.15, -0.1) is 0 Å². The van der Waals surface area contributed by atoms with Crippen molar-refractivity contribution < 1.29 is 9.59 Å². The number of guanidine groups is 1. The average Bonchev–Trinajstić information content (AvgIpc) is 3.39. The van der Waals surface area contributed by atoms with E-state index in [1.165, 1.54) is 5.56 Å². The van der Waals surface area contributed by atoms with Crippen LogP contribution >= 0.6 is 0 Å². The van der Waals surface area contributed by atoms with Gasteiger partial charge in [0, 0.05) is 49.6 Å². The van der Waals surface area contributed by atoms with Crippen LogP contribution in [0.2, 0.25) is 0 Å². The number of hydrogen-bond acceptors (Lipinski definition) is 3. The fourth-order valence-electron chi connectivity index (χ4n) is 5.00. The molecule has 0 saturated carbocycles. The number of unbranched alkanes of at least 4 members (excludes halogenated alkanes) is 1. The third-order valence-electron chi connectivity index (χ3n) is 7.10. The van der Waals surface area contributed by atoms with Crippen molar-refractivity contribution in [2.45, 2.75) is 51.1 Å². The Morgan fingerprint density at radius 3 is 2.27 bits per heavy atom. The van der Waals surface area contributed by atoms with Crippen molar-refractivity contribution in [1.29, 1.82) is 0 Å². The van der Waals surface area contributed by atoms with Crippen LogP contribution in [0.15, 0.2) is 96.1 Å². The second kappa shape index (κ2) is 15.3. The first-order chi connectivity index (χ1) is 20.0. The Labute approximate surface area is 241 Å². The van der Waals surface area contributed by atoms with Crippen molar-refractivity contribution in [3.05, 3.63) is 108 Å². The lowest BCUT2D eigenvalue weighted by atomic mass is 10.0. The highest BCUT2D eigenvalue weighted by atomic mass is 16.2. The van der Waals surface area contributed by atoms with Crippen LogP contribution in [-0.4, -0.2) is 46.8 Å². The van der Waals surface area contributed by atoms with Gasteiger partial charge in [0.1, 0.15) is 6.04 Å². The number of H-pyrrole nitrogens is 1. The fourth-order valence-corrected chi connectivity index (χ4v) is 5.00. The highest BCUT2D eigenvalue weighted by molar-refractivity contribution is 5.89. The van der Waals surface area contributed by atoms with Gasteiger partial charge in [-0.3, -0.25) is 14.6 Å².